The van der Waals surface area contributed by atoms with E-state index < -0.39 is 5.97 Å². The molecule has 0 bridgehead atoms. The van der Waals surface area contributed by atoms with Crippen molar-refractivity contribution in [3.63, 3.8) is 0 Å². The van der Waals surface area contributed by atoms with E-state index in [9.17, 15) is 9.59 Å². The largest absolute Gasteiger partial charge is 0.469 e. The van der Waals surface area contributed by atoms with Crippen LogP contribution in [-0.2, 0) is 22.4 Å². The summed E-state index contributed by atoms with van der Waals surface area (Å²) in [5, 5.41) is 0. The molecular weight excluding hydrogens is 204 g/mol. The van der Waals surface area contributed by atoms with Crippen LogP contribution in [0.25, 0.3) is 0 Å². The highest BCUT2D eigenvalue weighted by Gasteiger charge is 2.16. The van der Waals surface area contributed by atoms with Crippen LogP contribution in [0.1, 0.15) is 34.3 Å². The summed E-state index contributed by atoms with van der Waals surface area (Å²) >= 11 is 0. The fourth-order valence-electron chi connectivity index (χ4n) is 2.05. The van der Waals surface area contributed by atoms with Crippen molar-refractivity contribution in [2.24, 2.45) is 0 Å². The van der Waals surface area contributed by atoms with Gasteiger partial charge in [0.1, 0.15) is 6.42 Å². The molecule has 3 nitrogen and oxygen atoms in total. The van der Waals surface area contributed by atoms with Crippen LogP contribution in [0.15, 0.2) is 18.2 Å². The summed E-state index contributed by atoms with van der Waals surface area (Å²) in [6.07, 6.45) is 3.12. The van der Waals surface area contributed by atoms with E-state index in [1.54, 1.807) is 6.07 Å². The minimum absolute atomic E-state index is 0.165. The maximum Gasteiger partial charge on any atom is 0.313 e. The first kappa shape index (κ1) is 10.9. The molecule has 0 N–H and O–H groups in total. The summed E-state index contributed by atoms with van der Waals surface area (Å²) in [5.41, 5.74) is 3.19. The maximum atomic E-state index is 11.7. The van der Waals surface area contributed by atoms with Crippen LogP contribution in [0.5, 0.6) is 0 Å². The van der Waals surface area contributed by atoms with Crippen molar-refractivity contribution in [2.75, 3.05) is 7.11 Å². The summed E-state index contributed by atoms with van der Waals surface area (Å²) in [5.74, 6) is -0.646. The van der Waals surface area contributed by atoms with Crippen molar-refractivity contribution in [3.05, 3.63) is 34.9 Å². The molecular formula is C13H14O3. The molecule has 2 rings (SSSR count). The number of rotatable bonds is 3. The third kappa shape index (κ3) is 2.13. The molecule has 0 fully saturated rings. The van der Waals surface area contributed by atoms with Crippen molar-refractivity contribution in [3.8, 4) is 0 Å². The number of hydrogen-bond acceptors (Lipinski definition) is 3. The van der Waals surface area contributed by atoms with Gasteiger partial charge in [0.05, 0.1) is 7.11 Å². The Hall–Kier alpha value is -1.64. The smallest absolute Gasteiger partial charge is 0.313 e. The first-order valence-corrected chi connectivity index (χ1v) is 5.42. The highest BCUT2D eigenvalue weighted by molar-refractivity contribution is 6.06. The molecule has 0 heterocycles. The molecule has 0 amide bonds. The topological polar surface area (TPSA) is 43.4 Å². The third-order valence-corrected chi connectivity index (χ3v) is 2.95. The zero-order valence-corrected chi connectivity index (χ0v) is 9.29. The van der Waals surface area contributed by atoms with Crippen LogP contribution >= 0.6 is 0 Å². The SMILES string of the molecule is COC(=O)CC(=O)c1ccc2c(c1)CCC2. The minimum Gasteiger partial charge on any atom is -0.469 e. The van der Waals surface area contributed by atoms with Crippen molar-refractivity contribution in [1.82, 2.24) is 0 Å². The van der Waals surface area contributed by atoms with Gasteiger partial charge in [0.25, 0.3) is 0 Å². The molecule has 0 unspecified atom stereocenters. The van der Waals surface area contributed by atoms with Gasteiger partial charge >= 0.3 is 5.97 Å². The van der Waals surface area contributed by atoms with E-state index in [1.165, 1.54) is 18.2 Å². The van der Waals surface area contributed by atoms with Gasteiger partial charge in [-0.3, -0.25) is 9.59 Å². The van der Waals surface area contributed by atoms with Gasteiger partial charge in [-0.1, -0.05) is 12.1 Å². The number of carbonyl (C=O) groups excluding carboxylic acids is 2. The standard InChI is InChI=1S/C13H14O3/c1-16-13(15)8-12(14)11-6-5-9-3-2-4-10(9)7-11/h5-7H,2-4,8H2,1H3. The summed E-state index contributed by atoms with van der Waals surface area (Å²) in [4.78, 5) is 22.7. The van der Waals surface area contributed by atoms with E-state index in [4.69, 9.17) is 0 Å². The van der Waals surface area contributed by atoms with E-state index in [-0.39, 0.29) is 12.2 Å². The summed E-state index contributed by atoms with van der Waals surface area (Å²) < 4.78 is 4.48. The van der Waals surface area contributed by atoms with Gasteiger partial charge in [0, 0.05) is 5.56 Å². The van der Waals surface area contributed by atoms with Gasteiger partial charge in [0.2, 0.25) is 0 Å². The highest BCUT2D eigenvalue weighted by Crippen LogP contribution is 2.23. The summed E-state index contributed by atoms with van der Waals surface area (Å²) in [6, 6.07) is 5.70. The fourth-order valence-corrected chi connectivity index (χ4v) is 2.05. The lowest BCUT2D eigenvalue weighted by Crippen LogP contribution is -2.09. The second kappa shape index (κ2) is 4.47. The van der Waals surface area contributed by atoms with E-state index in [1.807, 2.05) is 12.1 Å². The van der Waals surface area contributed by atoms with Crippen LogP contribution in [0.2, 0.25) is 0 Å². The van der Waals surface area contributed by atoms with Crippen molar-refractivity contribution >= 4 is 11.8 Å². The number of fused-ring (bicyclic) bond motifs is 1. The van der Waals surface area contributed by atoms with Gasteiger partial charge in [-0.2, -0.15) is 0 Å². The van der Waals surface area contributed by atoms with Crippen molar-refractivity contribution < 1.29 is 14.3 Å². The normalized spacial score (nSPS) is 13.3. The Morgan fingerprint density at radius 2 is 2.00 bits per heavy atom. The molecule has 0 radical (unpaired) electrons. The molecule has 1 aliphatic rings. The quantitative estimate of drug-likeness (QED) is 0.442. The second-order valence-corrected chi connectivity index (χ2v) is 4.01. The average Bonchev–Trinajstić information content (AvgIpc) is 2.75. The predicted molar refractivity (Wildman–Crippen MR) is 59.4 cm³/mol. The Morgan fingerprint density at radius 1 is 1.25 bits per heavy atom. The van der Waals surface area contributed by atoms with Gasteiger partial charge < -0.3 is 4.74 Å². The number of benzene rings is 1. The molecule has 0 atom stereocenters. The first-order valence-electron chi connectivity index (χ1n) is 5.42. The van der Waals surface area contributed by atoms with Crippen LogP contribution in [0.3, 0.4) is 0 Å². The Kier molecular flexibility index (Phi) is 3.04. The number of esters is 1. The lowest BCUT2D eigenvalue weighted by molar-refractivity contribution is -0.139. The highest BCUT2D eigenvalue weighted by atomic mass is 16.5. The molecule has 3 heteroatoms. The maximum absolute atomic E-state index is 11.7. The van der Waals surface area contributed by atoms with Crippen molar-refractivity contribution in [2.45, 2.75) is 25.7 Å². The molecule has 1 aromatic rings. The summed E-state index contributed by atoms with van der Waals surface area (Å²) in [7, 11) is 1.29. The average molecular weight is 218 g/mol. The fraction of sp³-hybridized carbons (Fsp3) is 0.385. The van der Waals surface area contributed by atoms with Crippen LogP contribution in [-0.4, -0.2) is 18.9 Å². The molecule has 0 saturated heterocycles. The number of ether oxygens (including phenoxy) is 1. The van der Waals surface area contributed by atoms with E-state index >= 15 is 0 Å². The molecule has 0 aromatic heterocycles. The Bertz CT molecular complexity index is 435. The van der Waals surface area contributed by atoms with Gasteiger partial charge in [-0.15, -0.1) is 0 Å². The number of aryl methyl sites for hydroxylation is 2. The van der Waals surface area contributed by atoms with Gasteiger partial charge in [-0.25, -0.2) is 0 Å². The molecule has 84 valence electrons. The Morgan fingerprint density at radius 3 is 2.75 bits per heavy atom. The van der Waals surface area contributed by atoms with Gasteiger partial charge in [0.15, 0.2) is 5.78 Å². The van der Waals surface area contributed by atoms with Gasteiger partial charge in [-0.05, 0) is 36.5 Å². The predicted octanol–water partition coefficient (Wildman–Crippen LogP) is 1.92. The summed E-state index contributed by atoms with van der Waals surface area (Å²) in [6.45, 7) is 0. The first-order chi connectivity index (χ1) is 7.70. The zero-order valence-electron chi connectivity index (χ0n) is 9.29. The Labute approximate surface area is 94.4 Å². The second-order valence-electron chi connectivity index (χ2n) is 4.01. The monoisotopic (exact) mass is 218 g/mol. The minimum atomic E-state index is -0.481. The molecule has 0 saturated carbocycles. The number of methoxy groups -OCH3 is 1. The molecule has 16 heavy (non-hydrogen) atoms. The molecule has 0 aliphatic heterocycles. The van der Waals surface area contributed by atoms with E-state index in [0.717, 1.165) is 19.3 Å². The van der Waals surface area contributed by atoms with Crippen molar-refractivity contribution in [1.29, 1.82) is 0 Å². The molecule has 0 spiro atoms. The third-order valence-electron chi connectivity index (χ3n) is 2.95. The van der Waals surface area contributed by atoms with E-state index in [0.29, 0.717) is 5.56 Å². The lowest BCUT2D eigenvalue weighted by atomic mass is 10.0. The number of Topliss-reactive ketones (excluding diaryl/α,β-unsaturated/α-hetero) is 1. The van der Waals surface area contributed by atoms with Crippen LogP contribution in [0.4, 0.5) is 0 Å². The number of hydrogen-bond donors (Lipinski definition) is 0. The number of carbonyl (C=O) groups is 2. The van der Waals surface area contributed by atoms with Crippen LogP contribution < -0.4 is 0 Å². The number of ketones is 1. The molecule has 1 aliphatic carbocycles. The molecule has 1 aromatic carbocycles. The lowest BCUT2D eigenvalue weighted by Gasteiger charge is -2.03. The van der Waals surface area contributed by atoms with Crippen LogP contribution in [0, 0.1) is 0 Å². The Balaban J connectivity index is 2.15. The van der Waals surface area contributed by atoms with E-state index in [2.05, 4.69) is 4.74 Å². The zero-order chi connectivity index (χ0) is 11.5.